The molecule has 0 rings (SSSR count). The molecule has 0 aliphatic carbocycles. The minimum atomic E-state index is -0.659. The highest BCUT2D eigenvalue weighted by Crippen LogP contribution is 2.20. The number of hydrogen-bond acceptors (Lipinski definition) is 5. The van der Waals surface area contributed by atoms with Crippen molar-refractivity contribution in [2.75, 3.05) is 13.2 Å². The first-order valence-corrected chi connectivity index (χ1v) is 38.8. The number of esters is 1. The van der Waals surface area contributed by atoms with Crippen LogP contribution < -0.4 is 5.32 Å². The quantitative estimate of drug-likeness (QED) is 0.0417. The molecule has 0 saturated carbocycles. The predicted octanol–water partition coefficient (Wildman–Crippen LogP) is 25.3. The van der Waals surface area contributed by atoms with Crippen molar-refractivity contribution in [3.05, 3.63) is 0 Å². The van der Waals surface area contributed by atoms with E-state index < -0.39 is 12.1 Å². The van der Waals surface area contributed by atoms with Gasteiger partial charge in [-0.2, -0.15) is 0 Å². The lowest BCUT2D eigenvalue weighted by Crippen LogP contribution is -2.45. The van der Waals surface area contributed by atoms with Crippen LogP contribution in [0.15, 0.2) is 0 Å². The lowest BCUT2D eigenvalue weighted by atomic mass is 10.0. The normalized spacial score (nSPS) is 12.4. The van der Waals surface area contributed by atoms with Crippen molar-refractivity contribution in [3.63, 3.8) is 0 Å². The molecule has 0 aliphatic rings. The Kier molecular flexibility index (Phi) is 72.3. The van der Waals surface area contributed by atoms with Crippen LogP contribution in [0.4, 0.5) is 0 Å². The summed E-state index contributed by atoms with van der Waals surface area (Å²) in [5.74, 6) is 0.00194. The van der Waals surface area contributed by atoms with Gasteiger partial charge in [0.25, 0.3) is 0 Å². The first-order chi connectivity index (χ1) is 41.0. The van der Waals surface area contributed by atoms with E-state index in [0.717, 1.165) is 38.5 Å². The maximum absolute atomic E-state index is 12.5. The molecule has 1 amide bonds. The van der Waals surface area contributed by atoms with Gasteiger partial charge in [-0.25, -0.2) is 0 Å². The van der Waals surface area contributed by atoms with Gasteiger partial charge in [0.1, 0.15) is 0 Å². The third-order valence-corrected chi connectivity index (χ3v) is 18.7. The molecule has 496 valence electrons. The fourth-order valence-corrected chi connectivity index (χ4v) is 12.8. The molecule has 3 N–H and O–H groups in total. The van der Waals surface area contributed by atoms with Gasteiger partial charge in [-0.1, -0.05) is 418 Å². The second kappa shape index (κ2) is 73.3. The standard InChI is InChI=1S/C77H153NO5/c1-3-5-7-9-11-13-15-17-19-43-47-51-55-59-63-67-71-77(82)83-72-68-64-60-56-52-48-44-40-38-36-34-32-30-28-26-24-22-20-21-23-25-27-29-31-33-35-37-39-42-46-50-54-58-62-66-70-76(81)78-74(73-79)75(80)69-65-61-57-53-49-45-41-18-16-14-12-10-8-6-4-2/h74-75,79-80H,3-73H2,1-2H3,(H,78,81). The Balaban J connectivity index is 3.28. The van der Waals surface area contributed by atoms with Gasteiger partial charge >= 0.3 is 5.97 Å². The van der Waals surface area contributed by atoms with Crippen LogP contribution in [-0.2, 0) is 14.3 Å². The average molecular weight is 1170 g/mol. The van der Waals surface area contributed by atoms with Crippen molar-refractivity contribution < 1.29 is 24.5 Å². The topological polar surface area (TPSA) is 95.9 Å². The number of unbranched alkanes of at least 4 members (excludes halogenated alkanes) is 63. The minimum absolute atomic E-state index is 0.0255. The van der Waals surface area contributed by atoms with Crippen LogP contribution in [-0.4, -0.2) is 47.4 Å². The molecule has 83 heavy (non-hydrogen) atoms. The molecule has 0 aromatic rings. The zero-order chi connectivity index (χ0) is 59.9. The summed E-state index contributed by atoms with van der Waals surface area (Å²) in [4.78, 5) is 24.6. The highest BCUT2D eigenvalue weighted by Gasteiger charge is 2.20. The molecule has 2 unspecified atom stereocenters. The van der Waals surface area contributed by atoms with Crippen LogP contribution in [0.1, 0.15) is 457 Å². The third kappa shape index (κ3) is 69.8. The maximum Gasteiger partial charge on any atom is 0.305 e. The largest absolute Gasteiger partial charge is 0.466 e. The Hall–Kier alpha value is -1.14. The molecule has 0 fully saturated rings. The van der Waals surface area contributed by atoms with Crippen molar-refractivity contribution in [1.29, 1.82) is 0 Å². The zero-order valence-corrected chi connectivity index (χ0v) is 57.0. The van der Waals surface area contributed by atoms with E-state index in [2.05, 4.69) is 19.2 Å². The summed E-state index contributed by atoms with van der Waals surface area (Å²) < 4.78 is 5.51. The molecular weight excluding hydrogens is 1020 g/mol. The maximum atomic E-state index is 12.5. The number of hydrogen-bond donors (Lipinski definition) is 3. The number of aliphatic hydroxyl groups is 2. The van der Waals surface area contributed by atoms with Gasteiger partial charge < -0.3 is 20.3 Å². The molecule has 0 aromatic heterocycles. The SMILES string of the molecule is CCCCCCCCCCCCCCCCCCC(=O)OCCCCCCCCCCCCCCCCCCCCCCCCCCCCCCCCCCCCCC(=O)NC(CO)C(O)CCCCCCCCCCCCCCCCC. The van der Waals surface area contributed by atoms with E-state index in [-0.39, 0.29) is 18.5 Å². The second-order valence-corrected chi connectivity index (χ2v) is 27.1. The zero-order valence-electron chi connectivity index (χ0n) is 57.0. The Morgan fingerprint density at radius 1 is 0.289 bits per heavy atom. The summed E-state index contributed by atoms with van der Waals surface area (Å²) in [6, 6.07) is -0.536. The van der Waals surface area contributed by atoms with E-state index in [0.29, 0.717) is 25.9 Å². The van der Waals surface area contributed by atoms with Crippen LogP contribution in [0.3, 0.4) is 0 Å². The van der Waals surface area contributed by atoms with Gasteiger partial charge in [0, 0.05) is 12.8 Å². The van der Waals surface area contributed by atoms with Gasteiger partial charge in [0.05, 0.1) is 25.4 Å². The summed E-state index contributed by atoms with van der Waals surface area (Å²) in [5.41, 5.74) is 0. The number of carbonyl (C=O) groups is 2. The molecule has 0 aliphatic heterocycles. The number of carbonyl (C=O) groups excluding carboxylic acids is 2. The van der Waals surface area contributed by atoms with Gasteiger partial charge in [0.2, 0.25) is 5.91 Å². The van der Waals surface area contributed by atoms with Crippen LogP contribution in [0, 0.1) is 0 Å². The number of aliphatic hydroxyl groups excluding tert-OH is 2. The molecule has 0 radical (unpaired) electrons. The van der Waals surface area contributed by atoms with Crippen LogP contribution in [0.5, 0.6) is 0 Å². The lowest BCUT2D eigenvalue weighted by molar-refractivity contribution is -0.143. The van der Waals surface area contributed by atoms with Gasteiger partial charge in [-0.3, -0.25) is 9.59 Å². The highest BCUT2D eigenvalue weighted by molar-refractivity contribution is 5.76. The molecular formula is C77H153NO5. The molecule has 0 heterocycles. The lowest BCUT2D eigenvalue weighted by Gasteiger charge is -2.22. The fraction of sp³-hybridized carbons (Fsp3) is 0.974. The third-order valence-electron chi connectivity index (χ3n) is 18.7. The second-order valence-electron chi connectivity index (χ2n) is 27.1. The van der Waals surface area contributed by atoms with E-state index in [9.17, 15) is 19.8 Å². The molecule has 0 bridgehead atoms. The fourth-order valence-electron chi connectivity index (χ4n) is 12.8. The summed E-state index contributed by atoms with van der Waals surface area (Å²) in [6.45, 7) is 5.01. The Morgan fingerprint density at radius 3 is 0.735 bits per heavy atom. The number of nitrogens with one attached hydrogen (secondary N) is 1. The molecule has 0 aromatic carbocycles. The first-order valence-electron chi connectivity index (χ1n) is 38.8. The summed E-state index contributed by atoms with van der Waals surface area (Å²) >= 11 is 0. The van der Waals surface area contributed by atoms with E-state index in [1.807, 2.05) is 0 Å². The smallest absolute Gasteiger partial charge is 0.305 e. The van der Waals surface area contributed by atoms with Gasteiger partial charge in [-0.05, 0) is 25.7 Å². The molecule has 0 saturated heterocycles. The van der Waals surface area contributed by atoms with E-state index in [4.69, 9.17) is 4.74 Å². The Labute approximate surface area is 521 Å². The van der Waals surface area contributed by atoms with Crippen molar-refractivity contribution in [1.82, 2.24) is 5.32 Å². The van der Waals surface area contributed by atoms with Crippen LogP contribution >= 0.6 is 0 Å². The van der Waals surface area contributed by atoms with E-state index in [1.54, 1.807) is 0 Å². The van der Waals surface area contributed by atoms with Gasteiger partial charge in [-0.15, -0.1) is 0 Å². The molecule has 6 heteroatoms. The van der Waals surface area contributed by atoms with Crippen molar-refractivity contribution >= 4 is 11.9 Å². The molecule has 0 spiro atoms. The summed E-state index contributed by atoms with van der Waals surface area (Å²) in [7, 11) is 0. The highest BCUT2D eigenvalue weighted by atomic mass is 16.5. The Bertz CT molecular complexity index is 1210. The monoisotopic (exact) mass is 1170 g/mol. The van der Waals surface area contributed by atoms with E-state index >= 15 is 0 Å². The minimum Gasteiger partial charge on any atom is -0.466 e. The van der Waals surface area contributed by atoms with Crippen molar-refractivity contribution in [3.8, 4) is 0 Å². The average Bonchev–Trinajstić information content (AvgIpc) is 3.49. The molecule has 2 atom stereocenters. The number of ether oxygens (including phenoxy) is 1. The van der Waals surface area contributed by atoms with Crippen LogP contribution in [0.2, 0.25) is 0 Å². The summed E-state index contributed by atoms with van der Waals surface area (Å²) in [6.07, 6.45) is 90.5. The van der Waals surface area contributed by atoms with E-state index in [1.165, 1.54) is 385 Å². The number of amides is 1. The predicted molar refractivity (Wildman–Crippen MR) is 366 cm³/mol. The summed E-state index contributed by atoms with van der Waals surface area (Å²) in [5, 5.41) is 23.4. The Morgan fingerprint density at radius 2 is 0.494 bits per heavy atom. The van der Waals surface area contributed by atoms with Crippen molar-refractivity contribution in [2.45, 2.75) is 469 Å². The first kappa shape index (κ1) is 81.9. The number of rotatable bonds is 74. The van der Waals surface area contributed by atoms with Crippen LogP contribution in [0.25, 0.3) is 0 Å². The van der Waals surface area contributed by atoms with Gasteiger partial charge in [0.15, 0.2) is 0 Å². The van der Waals surface area contributed by atoms with Crippen molar-refractivity contribution in [2.24, 2.45) is 0 Å². The molecule has 6 nitrogen and oxygen atoms in total.